The van der Waals surface area contributed by atoms with Gasteiger partial charge in [-0.05, 0) is 13.8 Å². The Labute approximate surface area is 109 Å². The Morgan fingerprint density at radius 1 is 1.37 bits per heavy atom. The van der Waals surface area contributed by atoms with E-state index in [0.29, 0.717) is 0 Å². The Hall–Kier alpha value is -1.57. The van der Waals surface area contributed by atoms with Gasteiger partial charge in [-0.2, -0.15) is 13.2 Å². The third-order valence-electron chi connectivity index (χ3n) is 2.32. The molecule has 1 heterocycles. The van der Waals surface area contributed by atoms with Gasteiger partial charge in [0.15, 0.2) is 5.82 Å². The molecule has 0 aliphatic heterocycles. The molecule has 0 atom stereocenters. The molecule has 1 aromatic rings. The molecule has 0 spiro atoms. The minimum atomic E-state index is -4.31. The molecule has 0 bridgehead atoms. The Morgan fingerprint density at radius 3 is 2.47 bits per heavy atom. The molecule has 5 nitrogen and oxygen atoms in total. The number of rotatable bonds is 5. The smallest absolute Gasteiger partial charge is 0.384 e. The number of nitrogens with zero attached hydrogens (tertiary/aromatic N) is 3. The van der Waals surface area contributed by atoms with Crippen molar-refractivity contribution in [2.24, 2.45) is 0 Å². The van der Waals surface area contributed by atoms with Gasteiger partial charge in [-0.1, -0.05) is 0 Å². The zero-order valence-electron chi connectivity index (χ0n) is 11.0. The molecular weight excluding hydrogens is 261 g/mol. The molecule has 0 aliphatic rings. The standard InChI is InChI=1S/C11H17F3N4O/c1-7(2)18(6-11(12,13)14)10-4-8(15)16-9(17-10)5-19-3/h4,7H,5-6H2,1-3H3,(H2,15,16,17). The van der Waals surface area contributed by atoms with E-state index in [4.69, 9.17) is 10.5 Å². The van der Waals surface area contributed by atoms with Gasteiger partial charge >= 0.3 is 6.18 Å². The number of halogens is 3. The molecule has 0 unspecified atom stereocenters. The number of ether oxygens (including phenoxy) is 1. The van der Waals surface area contributed by atoms with Gasteiger partial charge in [0.1, 0.15) is 24.8 Å². The molecule has 0 amide bonds. The lowest BCUT2D eigenvalue weighted by atomic mass is 10.3. The highest BCUT2D eigenvalue weighted by Crippen LogP contribution is 2.23. The third-order valence-corrected chi connectivity index (χ3v) is 2.32. The summed E-state index contributed by atoms with van der Waals surface area (Å²) in [5.74, 6) is 0.516. The summed E-state index contributed by atoms with van der Waals surface area (Å²) < 4.78 is 42.5. The van der Waals surface area contributed by atoms with Crippen LogP contribution in [0.25, 0.3) is 0 Å². The summed E-state index contributed by atoms with van der Waals surface area (Å²) in [6, 6.07) is 0.955. The van der Waals surface area contributed by atoms with Gasteiger partial charge in [-0.25, -0.2) is 9.97 Å². The zero-order valence-corrected chi connectivity index (χ0v) is 11.0. The fourth-order valence-corrected chi connectivity index (χ4v) is 1.57. The van der Waals surface area contributed by atoms with E-state index in [2.05, 4.69) is 9.97 Å². The third kappa shape index (κ3) is 4.90. The molecule has 19 heavy (non-hydrogen) atoms. The van der Waals surface area contributed by atoms with Crippen LogP contribution in [-0.4, -0.2) is 35.8 Å². The fraction of sp³-hybridized carbons (Fsp3) is 0.636. The molecule has 0 aromatic carbocycles. The maximum Gasteiger partial charge on any atom is 0.405 e. The lowest BCUT2D eigenvalue weighted by Crippen LogP contribution is -2.40. The minimum absolute atomic E-state index is 0.0932. The van der Waals surface area contributed by atoms with Gasteiger partial charge in [0.25, 0.3) is 0 Å². The van der Waals surface area contributed by atoms with E-state index in [9.17, 15) is 13.2 Å². The summed E-state index contributed by atoms with van der Waals surface area (Å²) in [6.07, 6.45) is -4.31. The van der Waals surface area contributed by atoms with Gasteiger partial charge in [-0.15, -0.1) is 0 Å². The summed E-state index contributed by atoms with van der Waals surface area (Å²) in [5, 5.41) is 0. The van der Waals surface area contributed by atoms with Crippen molar-refractivity contribution >= 4 is 11.6 Å². The summed E-state index contributed by atoms with van der Waals surface area (Å²) >= 11 is 0. The second kappa shape index (κ2) is 6.05. The van der Waals surface area contributed by atoms with Crippen LogP contribution < -0.4 is 10.6 Å². The van der Waals surface area contributed by atoms with Crippen LogP contribution in [-0.2, 0) is 11.3 Å². The van der Waals surface area contributed by atoms with Crippen molar-refractivity contribution in [3.63, 3.8) is 0 Å². The monoisotopic (exact) mass is 278 g/mol. The van der Waals surface area contributed by atoms with Gasteiger partial charge in [-0.3, -0.25) is 0 Å². The molecule has 1 rings (SSSR count). The molecule has 8 heteroatoms. The number of nitrogens with two attached hydrogens (primary N) is 1. The van der Waals surface area contributed by atoms with Crippen LogP contribution in [0.15, 0.2) is 6.07 Å². The Balaban J connectivity index is 3.08. The lowest BCUT2D eigenvalue weighted by molar-refractivity contribution is -0.120. The summed E-state index contributed by atoms with van der Waals surface area (Å²) in [5.41, 5.74) is 5.58. The van der Waals surface area contributed by atoms with Crippen LogP contribution in [0, 0.1) is 0 Å². The van der Waals surface area contributed by atoms with Crippen molar-refractivity contribution in [1.29, 1.82) is 0 Å². The number of hydrogen-bond donors (Lipinski definition) is 1. The summed E-state index contributed by atoms with van der Waals surface area (Å²) in [6.45, 7) is 2.31. The number of aromatic nitrogens is 2. The van der Waals surface area contributed by atoms with Crippen molar-refractivity contribution in [2.45, 2.75) is 32.7 Å². The largest absolute Gasteiger partial charge is 0.405 e. The first-order valence-electron chi connectivity index (χ1n) is 5.68. The number of anilines is 2. The average molecular weight is 278 g/mol. The number of methoxy groups -OCH3 is 1. The number of hydrogen-bond acceptors (Lipinski definition) is 5. The molecule has 0 saturated heterocycles. The van der Waals surface area contributed by atoms with Crippen molar-refractivity contribution < 1.29 is 17.9 Å². The fourth-order valence-electron chi connectivity index (χ4n) is 1.57. The van der Waals surface area contributed by atoms with E-state index in [-0.39, 0.29) is 30.1 Å². The van der Waals surface area contributed by atoms with E-state index >= 15 is 0 Å². The molecule has 108 valence electrons. The van der Waals surface area contributed by atoms with E-state index < -0.39 is 12.7 Å². The minimum Gasteiger partial charge on any atom is -0.384 e. The van der Waals surface area contributed by atoms with Crippen LogP contribution in [0.5, 0.6) is 0 Å². The topological polar surface area (TPSA) is 64.3 Å². The molecule has 2 N–H and O–H groups in total. The number of nitrogen functional groups attached to an aromatic ring is 1. The maximum atomic E-state index is 12.6. The van der Waals surface area contributed by atoms with Gasteiger partial charge in [0.05, 0.1) is 0 Å². The van der Waals surface area contributed by atoms with Gasteiger partial charge < -0.3 is 15.4 Å². The second-order valence-electron chi connectivity index (χ2n) is 4.34. The molecule has 0 aliphatic carbocycles. The maximum absolute atomic E-state index is 12.6. The molecule has 1 aromatic heterocycles. The first-order valence-corrected chi connectivity index (χ1v) is 5.68. The normalized spacial score (nSPS) is 11.9. The predicted octanol–water partition coefficient (Wildman–Crippen LogP) is 1.98. The van der Waals surface area contributed by atoms with Crippen molar-refractivity contribution in [3.8, 4) is 0 Å². The highest BCUT2D eigenvalue weighted by Gasteiger charge is 2.32. The van der Waals surface area contributed by atoms with Crippen molar-refractivity contribution in [1.82, 2.24) is 9.97 Å². The summed E-state index contributed by atoms with van der Waals surface area (Å²) in [7, 11) is 1.45. The molecule has 0 fully saturated rings. The van der Waals surface area contributed by atoms with Crippen LogP contribution in [0.2, 0.25) is 0 Å². The van der Waals surface area contributed by atoms with E-state index in [1.807, 2.05) is 0 Å². The SMILES string of the molecule is COCc1nc(N)cc(N(CC(F)(F)F)C(C)C)n1. The van der Waals surface area contributed by atoms with Crippen LogP contribution in [0.1, 0.15) is 19.7 Å². The van der Waals surface area contributed by atoms with Gasteiger partial charge in [0.2, 0.25) is 0 Å². The first-order chi connectivity index (χ1) is 8.73. The number of alkyl halides is 3. The molecule has 0 saturated carbocycles. The van der Waals surface area contributed by atoms with E-state index in [1.54, 1.807) is 13.8 Å². The zero-order chi connectivity index (χ0) is 14.6. The Bertz CT molecular complexity index is 423. The van der Waals surface area contributed by atoms with E-state index in [0.717, 1.165) is 4.90 Å². The second-order valence-corrected chi connectivity index (χ2v) is 4.34. The quantitative estimate of drug-likeness (QED) is 0.892. The Morgan fingerprint density at radius 2 is 2.00 bits per heavy atom. The van der Waals surface area contributed by atoms with Crippen molar-refractivity contribution in [2.75, 3.05) is 24.3 Å². The van der Waals surface area contributed by atoms with Crippen LogP contribution >= 0.6 is 0 Å². The first kappa shape index (κ1) is 15.5. The summed E-state index contributed by atoms with van der Waals surface area (Å²) in [4.78, 5) is 9.06. The van der Waals surface area contributed by atoms with Crippen molar-refractivity contribution in [3.05, 3.63) is 11.9 Å². The van der Waals surface area contributed by atoms with E-state index in [1.165, 1.54) is 13.2 Å². The van der Waals surface area contributed by atoms with Crippen LogP contribution in [0.4, 0.5) is 24.8 Å². The molecule has 0 radical (unpaired) electrons. The molecular formula is C11H17F3N4O. The average Bonchev–Trinajstić information content (AvgIpc) is 2.24. The Kier molecular flexibility index (Phi) is 4.93. The predicted molar refractivity (Wildman–Crippen MR) is 65.7 cm³/mol. The van der Waals surface area contributed by atoms with Gasteiger partial charge in [0, 0.05) is 19.2 Å². The highest BCUT2D eigenvalue weighted by atomic mass is 19.4. The van der Waals surface area contributed by atoms with Crippen LogP contribution in [0.3, 0.4) is 0 Å². The highest BCUT2D eigenvalue weighted by molar-refractivity contribution is 5.47. The lowest BCUT2D eigenvalue weighted by Gasteiger charge is -2.29.